The zero-order valence-electron chi connectivity index (χ0n) is 8.19. The SMILES string of the molecule is CC[n+]1ccc(OCCOC)cc1. The molecule has 1 rings (SSSR count). The summed E-state index contributed by atoms with van der Waals surface area (Å²) in [4.78, 5) is 0. The Hall–Kier alpha value is -1.09. The number of hydrogen-bond acceptors (Lipinski definition) is 2. The minimum absolute atomic E-state index is 0.604. The first-order valence-corrected chi connectivity index (χ1v) is 4.47. The van der Waals surface area contributed by atoms with E-state index < -0.39 is 0 Å². The van der Waals surface area contributed by atoms with Crippen molar-refractivity contribution in [3.8, 4) is 5.75 Å². The third-order valence-electron chi connectivity index (χ3n) is 1.78. The number of aryl methyl sites for hydroxylation is 1. The van der Waals surface area contributed by atoms with E-state index >= 15 is 0 Å². The average Bonchev–Trinajstić information content (AvgIpc) is 2.19. The van der Waals surface area contributed by atoms with Gasteiger partial charge in [-0.25, -0.2) is 4.57 Å². The lowest BCUT2D eigenvalue weighted by Gasteiger charge is -2.03. The summed E-state index contributed by atoms with van der Waals surface area (Å²) in [6.07, 6.45) is 4.00. The predicted molar refractivity (Wildman–Crippen MR) is 49.7 cm³/mol. The van der Waals surface area contributed by atoms with E-state index in [0.717, 1.165) is 12.3 Å². The Kier molecular flexibility index (Phi) is 4.26. The molecule has 0 spiro atoms. The molecule has 1 aromatic rings. The summed E-state index contributed by atoms with van der Waals surface area (Å²) in [5, 5.41) is 0. The van der Waals surface area contributed by atoms with Gasteiger partial charge >= 0.3 is 0 Å². The Morgan fingerprint density at radius 1 is 1.23 bits per heavy atom. The lowest BCUT2D eigenvalue weighted by atomic mass is 10.4. The van der Waals surface area contributed by atoms with Crippen LogP contribution in [0.1, 0.15) is 6.92 Å². The van der Waals surface area contributed by atoms with Crippen LogP contribution >= 0.6 is 0 Å². The molecule has 0 fully saturated rings. The molecule has 0 bridgehead atoms. The van der Waals surface area contributed by atoms with Crippen molar-refractivity contribution >= 4 is 0 Å². The van der Waals surface area contributed by atoms with Crippen molar-refractivity contribution in [1.82, 2.24) is 0 Å². The zero-order valence-corrected chi connectivity index (χ0v) is 8.19. The highest BCUT2D eigenvalue weighted by Gasteiger charge is 1.97. The van der Waals surface area contributed by atoms with Gasteiger partial charge in [0, 0.05) is 19.2 Å². The fourth-order valence-corrected chi connectivity index (χ4v) is 0.994. The second-order valence-electron chi connectivity index (χ2n) is 2.71. The molecule has 3 nitrogen and oxygen atoms in total. The van der Waals surface area contributed by atoms with Crippen LogP contribution in [-0.4, -0.2) is 20.3 Å². The molecular weight excluding hydrogens is 166 g/mol. The van der Waals surface area contributed by atoms with E-state index in [9.17, 15) is 0 Å². The van der Waals surface area contributed by atoms with Crippen LogP contribution in [-0.2, 0) is 11.3 Å². The molecule has 0 aliphatic heterocycles. The third kappa shape index (κ3) is 3.42. The van der Waals surface area contributed by atoms with E-state index in [-0.39, 0.29) is 0 Å². The molecule has 3 heteroatoms. The van der Waals surface area contributed by atoms with E-state index in [0.29, 0.717) is 13.2 Å². The molecule has 0 saturated carbocycles. The number of ether oxygens (including phenoxy) is 2. The van der Waals surface area contributed by atoms with Crippen molar-refractivity contribution in [3.63, 3.8) is 0 Å². The van der Waals surface area contributed by atoms with Gasteiger partial charge in [0.2, 0.25) is 0 Å². The number of aromatic nitrogens is 1. The van der Waals surface area contributed by atoms with Crippen LogP contribution in [0.25, 0.3) is 0 Å². The quantitative estimate of drug-likeness (QED) is 0.501. The second kappa shape index (κ2) is 5.54. The third-order valence-corrected chi connectivity index (χ3v) is 1.78. The monoisotopic (exact) mass is 182 g/mol. The molecule has 0 aromatic carbocycles. The molecule has 0 saturated heterocycles. The molecule has 0 aliphatic carbocycles. The molecule has 1 aromatic heterocycles. The highest BCUT2D eigenvalue weighted by atomic mass is 16.5. The van der Waals surface area contributed by atoms with Crippen LogP contribution in [0.15, 0.2) is 24.5 Å². The Morgan fingerprint density at radius 3 is 2.46 bits per heavy atom. The molecule has 1 heterocycles. The number of rotatable bonds is 5. The van der Waals surface area contributed by atoms with Crippen molar-refractivity contribution in [3.05, 3.63) is 24.5 Å². The van der Waals surface area contributed by atoms with Gasteiger partial charge in [0.1, 0.15) is 18.9 Å². The Bertz CT molecular complexity index is 233. The minimum Gasteiger partial charge on any atom is -0.491 e. The lowest BCUT2D eigenvalue weighted by molar-refractivity contribution is -0.693. The second-order valence-corrected chi connectivity index (χ2v) is 2.71. The van der Waals surface area contributed by atoms with Crippen molar-refractivity contribution in [2.45, 2.75) is 13.5 Å². The van der Waals surface area contributed by atoms with Crippen molar-refractivity contribution < 1.29 is 14.0 Å². The maximum atomic E-state index is 5.41. The van der Waals surface area contributed by atoms with Crippen LogP contribution in [0.5, 0.6) is 5.75 Å². The standard InChI is InChI=1S/C10H16NO2/c1-3-11-6-4-10(5-7-11)13-9-8-12-2/h4-7H,3,8-9H2,1-2H3/q+1. The van der Waals surface area contributed by atoms with Crippen LogP contribution in [0.4, 0.5) is 0 Å². The maximum Gasteiger partial charge on any atom is 0.172 e. The Labute approximate surface area is 78.9 Å². The van der Waals surface area contributed by atoms with E-state index in [1.54, 1.807) is 7.11 Å². The van der Waals surface area contributed by atoms with Crippen LogP contribution < -0.4 is 9.30 Å². The molecular formula is C10H16NO2+. The normalized spacial score (nSPS) is 10.0. The zero-order chi connectivity index (χ0) is 9.52. The van der Waals surface area contributed by atoms with Gasteiger partial charge in [-0.3, -0.25) is 0 Å². The summed E-state index contributed by atoms with van der Waals surface area (Å²) in [5.41, 5.74) is 0. The van der Waals surface area contributed by atoms with Crippen LogP contribution in [0.3, 0.4) is 0 Å². The van der Waals surface area contributed by atoms with Crippen LogP contribution in [0, 0.1) is 0 Å². The van der Waals surface area contributed by atoms with Gasteiger partial charge in [0.05, 0.1) is 6.61 Å². The molecule has 0 N–H and O–H groups in total. The minimum atomic E-state index is 0.604. The van der Waals surface area contributed by atoms with Gasteiger partial charge in [-0.2, -0.15) is 0 Å². The maximum absolute atomic E-state index is 5.41. The summed E-state index contributed by atoms with van der Waals surface area (Å²) < 4.78 is 12.4. The number of nitrogens with zero attached hydrogens (tertiary/aromatic N) is 1. The fraction of sp³-hybridized carbons (Fsp3) is 0.500. The molecule has 0 amide bonds. The number of pyridine rings is 1. The van der Waals surface area contributed by atoms with Crippen molar-refractivity contribution in [2.24, 2.45) is 0 Å². The molecule has 0 radical (unpaired) electrons. The summed E-state index contributed by atoms with van der Waals surface area (Å²) in [5.74, 6) is 0.891. The number of hydrogen-bond donors (Lipinski definition) is 0. The highest BCUT2D eigenvalue weighted by molar-refractivity contribution is 5.14. The van der Waals surface area contributed by atoms with Gasteiger partial charge in [0.15, 0.2) is 12.4 Å². The molecule has 0 unspecified atom stereocenters. The van der Waals surface area contributed by atoms with Crippen molar-refractivity contribution in [2.75, 3.05) is 20.3 Å². The first kappa shape index (κ1) is 9.99. The number of methoxy groups -OCH3 is 1. The van der Waals surface area contributed by atoms with Gasteiger partial charge in [-0.15, -0.1) is 0 Å². The fourth-order valence-electron chi connectivity index (χ4n) is 0.994. The van der Waals surface area contributed by atoms with Crippen LogP contribution in [0.2, 0.25) is 0 Å². The summed E-state index contributed by atoms with van der Waals surface area (Å²) in [6, 6.07) is 3.92. The highest BCUT2D eigenvalue weighted by Crippen LogP contribution is 2.05. The van der Waals surface area contributed by atoms with Crippen molar-refractivity contribution in [1.29, 1.82) is 0 Å². The lowest BCUT2D eigenvalue weighted by Crippen LogP contribution is -2.30. The molecule has 72 valence electrons. The van der Waals surface area contributed by atoms with Gasteiger partial charge in [0.25, 0.3) is 0 Å². The van der Waals surface area contributed by atoms with Gasteiger partial charge < -0.3 is 9.47 Å². The Balaban J connectivity index is 2.40. The first-order chi connectivity index (χ1) is 6.36. The van der Waals surface area contributed by atoms with E-state index in [4.69, 9.17) is 9.47 Å². The average molecular weight is 182 g/mol. The predicted octanol–water partition coefficient (Wildman–Crippen LogP) is 1.02. The van der Waals surface area contributed by atoms with E-state index in [1.165, 1.54) is 0 Å². The molecule has 0 aliphatic rings. The molecule has 13 heavy (non-hydrogen) atoms. The van der Waals surface area contributed by atoms with E-state index in [1.807, 2.05) is 24.5 Å². The summed E-state index contributed by atoms with van der Waals surface area (Å²) in [6.45, 7) is 4.32. The summed E-state index contributed by atoms with van der Waals surface area (Å²) in [7, 11) is 1.67. The first-order valence-electron chi connectivity index (χ1n) is 4.47. The Morgan fingerprint density at radius 2 is 1.92 bits per heavy atom. The summed E-state index contributed by atoms with van der Waals surface area (Å²) >= 11 is 0. The van der Waals surface area contributed by atoms with Gasteiger partial charge in [-0.05, 0) is 6.92 Å². The largest absolute Gasteiger partial charge is 0.491 e. The molecule has 0 atom stereocenters. The topological polar surface area (TPSA) is 22.3 Å². The smallest absolute Gasteiger partial charge is 0.172 e. The van der Waals surface area contributed by atoms with Gasteiger partial charge in [-0.1, -0.05) is 0 Å². The van der Waals surface area contributed by atoms with E-state index in [2.05, 4.69) is 11.5 Å².